The molecule has 0 atom stereocenters. The Balaban J connectivity index is 0.937. The number of rotatable bonds is 8. The first-order valence-corrected chi connectivity index (χ1v) is 23.0. The molecule has 0 bridgehead atoms. The maximum atomic E-state index is 2.39. The van der Waals surface area contributed by atoms with Gasteiger partial charge in [0.2, 0.25) is 0 Å². The molecular formula is C60H39NS2. The van der Waals surface area contributed by atoms with Gasteiger partial charge in [0.25, 0.3) is 0 Å². The van der Waals surface area contributed by atoms with Gasteiger partial charge in [0.15, 0.2) is 0 Å². The largest absolute Gasteiger partial charge is 0.310 e. The van der Waals surface area contributed by atoms with Crippen LogP contribution in [0.15, 0.2) is 237 Å². The monoisotopic (exact) mass is 837 g/mol. The zero-order valence-electron chi connectivity index (χ0n) is 34.3. The number of anilines is 3. The topological polar surface area (TPSA) is 3.24 Å². The number of thiophene rings is 2. The number of nitrogens with zero attached hydrogens (tertiary/aromatic N) is 1. The molecule has 0 saturated carbocycles. The molecule has 0 spiro atoms. The summed E-state index contributed by atoms with van der Waals surface area (Å²) >= 11 is 3.82. The van der Waals surface area contributed by atoms with E-state index in [1.807, 2.05) is 22.7 Å². The van der Waals surface area contributed by atoms with Crippen LogP contribution in [0.5, 0.6) is 0 Å². The van der Waals surface area contributed by atoms with Gasteiger partial charge in [0.1, 0.15) is 0 Å². The number of hydrogen-bond acceptors (Lipinski definition) is 3. The van der Waals surface area contributed by atoms with Crippen molar-refractivity contribution >= 4 is 80.1 Å². The lowest BCUT2D eigenvalue weighted by atomic mass is 9.99. The molecule has 1 nitrogen and oxygen atoms in total. The van der Waals surface area contributed by atoms with Gasteiger partial charge in [-0.1, -0.05) is 188 Å². The second-order valence-electron chi connectivity index (χ2n) is 16.1. The Hall–Kier alpha value is -7.56. The SMILES string of the molecule is c1ccc(-c2ccc(-c3ccc(N(c4ccc(-c5ccc(-c6ccccc6)cc5)cc4)c4cccc(-c5cccc6c5sc5c6ccc6sc7ccccc7c65)c4)cc3)cc2)cc1. The van der Waals surface area contributed by atoms with Crippen molar-refractivity contribution in [2.45, 2.75) is 0 Å². The summed E-state index contributed by atoms with van der Waals surface area (Å²) in [4.78, 5) is 2.39. The fourth-order valence-corrected chi connectivity index (χ4v) is 11.7. The fourth-order valence-electron chi connectivity index (χ4n) is 9.13. The van der Waals surface area contributed by atoms with E-state index in [0.717, 1.165) is 17.1 Å². The zero-order valence-corrected chi connectivity index (χ0v) is 35.9. The lowest BCUT2D eigenvalue weighted by Crippen LogP contribution is -2.10. The van der Waals surface area contributed by atoms with Crippen LogP contribution < -0.4 is 4.90 Å². The van der Waals surface area contributed by atoms with Gasteiger partial charge in [-0.15, -0.1) is 22.7 Å². The van der Waals surface area contributed by atoms with Crippen molar-refractivity contribution in [1.29, 1.82) is 0 Å². The van der Waals surface area contributed by atoms with E-state index in [4.69, 9.17) is 0 Å². The molecule has 0 aliphatic carbocycles. The Morgan fingerprint density at radius 3 is 1.27 bits per heavy atom. The molecule has 0 aliphatic rings. The third-order valence-corrected chi connectivity index (χ3v) is 14.7. The molecule has 3 heteroatoms. The summed E-state index contributed by atoms with van der Waals surface area (Å²) < 4.78 is 5.38. The van der Waals surface area contributed by atoms with Crippen LogP contribution in [0, 0.1) is 0 Å². The Bertz CT molecular complexity index is 3440. The molecule has 12 aromatic rings. The van der Waals surface area contributed by atoms with Gasteiger partial charge in [-0.25, -0.2) is 0 Å². The number of fused-ring (bicyclic) bond motifs is 7. The van der Waals surface area contributed by atoms with Gasteiger partial charge >= 0.3 is 0 Å². The van der Waals surface area contributed by atoms with Crippen LogP contribution in [0.3, 0.4) is 0 Å². The van der Waals surface area contributed by atoms with E-state index in [2.05, 4.69) is 241 Å². The standard InChI is InChI=1S/C60H39NS2/c1-3-11-40(12-4-1)42-21-25-44(26-22-42)46-29-33-49(34-30-46)61(50-35-31-47(32-36-50)45-27-23-43(24-28-45)41-13-5-2-6-14-41)51-16-9-15-48(39-51)52-18-10-19-53-54-37-38-57-58(60(54)63-59(52)53)55-17-7-8-20-56(55)62-57/h1-39H. The first kappa shape index (κ1) is 37.2. The average molecular weight is 838 g/mol. The molecule has 0 unspecified atom stereocenters. The normalized spacial score (nSPS) is 11.5. The number of hydrogen-bond donors (Lipinski definition) is 0. The molecule has 10 aromatic carbocycles. The summed E-state index contributed by atoms with van der Waals surface area (Å²) in [6.07, 6.45) is 0. The predicted molar refractivity (Wildman–Crippen MR) is 274 cm³/mol. The minimum absolute atomic E-state index is 1.10. The van der Waals surface area contributed by atoms with Crippen molar-refractivity contribution in [2.75, 3.05) is 4.90 Å². The van der Waals surface area contributed by atoms with Gasteiger partial charge in [-0.05, 0) is 104 Å². The third kappa shape index (κ3) is 6.79. The lowest BCUT2D eigenvalue weighted by Gasteiger charge is -2.26. The molecule has 63 heavy (non-hydrogen) atoms. The van der Waals surface area contributed by atoms with Crippen LogP contribution >= 0.6 is 22.7 Å². The Kier molecular flexibility index (Phi) is 9.29. The number of benzene rings is 10. The van der Waals surface area contributed by atoms with Crippen LogP contribution in [0.4, 0.5) is 17.1 Å². The molecular weight excluding hydrogens is 799 g/mol. The van der Waals surface area contributed by atoms with Crippen LogP contribution in [-0.4, -0.2) is 0 Å². The quantitative estimate of drug-likeness (QED) is 0.147. The summed E-state index contributed by atoms with van der Waals surface area (Å²) in [6.45, 7) is 0. The molecule has 2 aromatic heterocycles. The Morgan fingerprint density at radius 2 is 0.698 bits per heavy atom. The highest BCUT2D eigenvalue weighted by molar-refractivity contribution is 7.30. The molecule has 0 saturated heterocycles. The van der Waals surface area contributed by atoms with Crippen molar-refractivity contribution in [1.82, 2.24) is 0 Å². The summed E-state index contributed by atoms with van der Waals surface area (Å²) in [6, 6.07) is 86.3. The third-order valence-electron chi connectivity index (χ3n) is 12.3. The van der Waals surface area contributed by atoms with Crippen LogP contribution in [-0.2, 0) is 0 Å². The summed E-state index contributed by atoms with van der Waals surface area (Å²) in [5.41, 5.74) is 15.4. The molecule has 0 radical (unpaired) electrons. The van der Waals surface area contributed by atoms with Gasteiger partial charge in [0, 0.05) is 57.4 Å². The van der Waals surface area contributed by atoms with Gasteiger partial charge < -0.3 is 4.90 Å². The summed E-state index contributed by atoms with van der Waals surface area (Å²) in [5, 5.41) is 5.37. The van der Waals surface area contributed by atoms with E-state index in [9.17, 15) is 0 Å². The predicted octanol–water partition coefficient (Wildman–Crippen LogP) is 18.2. The maximum absolute atomic E-state index is 2.39. The highest BCUT2D eigenvalue weighted by Gasteiger charge is 2.18. The van der Waals surface area contributed by atoms with Crippen molar-refractivity contribution in [3.8, 4) is 55.6 Å². The van der Waals surface area contributed by atoms with E-state index < -0.39 is 0 Å². The Morgan fingerprint density at radius 1 is 0.254 bits per heavy atom. The fraction of sp³-hybridized carbons (Fsp3) is 0. The highest BCUT2D eigenvalue weighted by atomic mass is 32.1. The van der Waals surface area contributed by atoms with Crippen molar-refractivity contribution in [3.05, 3.63) is 237 Å². The Labute approximate surface area is 375 Å². The minimum atomic E-state index is 1.10. The molecule has 12 rings (SSSR count). The van der Waals surface area contributed by atoms with Crippen LogP contribution in [0.2, 0.25) is 0 Å². The van der Waals surface area contributed by atoms with E-state index in [-0.39, 0.29) is 0 Å². The van der Waals surface area contributed by atoms with Gasteiger partial charge in [-0.2, -0.15) is 0 Å². The minimum Gasteiger partial charge on any atom is -0.310 e. The van der Waals surface area contributed by atoms with E-state index in [0.29, 0.717) is 0 Å². The smallest absolute Gasteiger partial charge is 0.0467 e. The van der Waals surface area contributed by atoms with Crippen LogP contribution in [0.1, 0.15) is 0 Å². The molecule has 0 N–H and O–H groups in total. The molecule has 296 valence electrons. The lowest BCUT2D eigenvalue weighted by molar-refractivity contribution is 1.28. The van der Waals surface area contributed by atoms with E-state index >= 15 is 0 Å². The van der Waals surface area contributed by atoms with Crippen LogP contribution in [0.25, 0.3) is 96.0 Å². The first-order chi connectivity index (χ1) is 31.2. The van der Waals surface area contributed by atoms with E-state index in [1.54, 1.807) is 0 Å². The highest BCUT2D eigenvalue weighted by Crippen LogP contribution is 2.47. The van der Waals surface area contributed by atoms with E-state index in [1.165, 1.54) is 96.0 Å². The zero-order chi connectivity index (χ0) is 41.7. The van der Waals surface area contributed by atoms with Gasteiger partial charge in [-0.3, -0.25) is 0 Å². The van der Waals surface area contributed by atoms with Gasteiger partial charge in [0.05, 0.1) is 0 Å². The molecule has 2 heterocycles. The summed E-state index contributed by atoms with van der Waals surface area (Å²) in [5.74, 6) is 0. The second kappa shape index (κ2) is 15.7. The first-order valence-electron chi connectivity index (χ1n) is 21.4. The van der Waals surface area contributed by atoms with Crippen molar-refractivity contribution in [2.24, 2.45) is 0 Å². The molecule has 0 aliphatic heterocycles. The molecule has 0 fully saturated rings. The molecule has 0 amide bonds. The second-order valence-corrected chi connectivity index (χ2v) is 18.2. The summed E-state index contributed by atoms with van der Waals surface area (Å²) in [7, 11) is 0. The van der Waals surface area contributed by atoms with Crippen molar-refractivity contribution in [3.63, 3.8) is 0 Å². The average Bonchev–Trinajstić information content (AvgIpc) is 3.94. The maximum Gasteiger partial charge on any atom is 0.0467 e. The van der Waals surface area contributed by atoms with Crippen molar-refractivity contribution < 1.29 is 0 Å².